The molecule has 0 unspecified atom stereocenters. The lowest BCUT2D eigenvalue weighted by molar-refractivity contribution is -0.384. The first-order valence-electron chi connectivity index (χ1n) is 11.8. The molecular weight excluding hydrogens is 460 g/mol. The molecule has 2 aliphatic rings. The van der Waals surface area contributed by atoms with Crippen molar-refractivity contribution >= 4 is 21.4 Å². The number of furan rings is 1. The second-order valence-corrected chi connectivity index (χ2v) is 10.7. The number of nitro benzene ring substituents is 1. The molecule has 2 aliphatic heterocycles. The number of morpholine rings is 1. The highest BCUT2D eigenvalue weighted by Crippen LogP contribution is 2.31. The summed E-state index contributed by atoms with van der Waals surface area (Å²) in [6.07, 6.45) is 3.59. The molecule has 34 heavy (non-hydrogen) atoms. The van der Waals surface area contributed by atoms with Crippen molar-refractivity contribution in [2.24, 2.45) is 0 Å². The van der Waals surface area contributed by atoms with E-state index in [-0.39, 0.29) is 22.3 Å². The predicted molar refractivity (Wildman–Crippen MR) is 127 cm³/mol. The van der Waals surface area contributed by atoms with E-state index in [2.05, 4.69) is 10.2 Å². The van der Waals surface area contributed by atoms with E-state index in [4.69, 9.17) is 9.15 Å². The van der Waals surface area contributed by atoms with Crippen LogP contribution in [0.4, 0.5) is 11.4 Å². The van der Waals surface area contributed by atoms with Gasteiger partial charge in [0.15, 0.2) is 0 Å². The van der Waals surface area contributed by atoms with E-state index in [1.54, 1.807) is 0 Å². The summed E-state index contributed by atoms with van der Waals surface area (Å²) in [6, 6.07) is 7.79. The number of nitrogens with one attached hydrogen (secondary N) is 1. The molecule has 0 spiro atoms. The summed E-state index contributed by atoms with van der Waals surface area (Å²) >= 11 is 0. The number of aryl methyl sites for hydroxylation is 1. The molecule has 11 heteroatoms. The van der Waals surface area contributed by atoms with Crippen molar-refractivity contribution in [3.63, 3.8) is 0 Å². The van der Waals surface area contributed by atoms with Crippen LogP contribution >= 0.6 is 0 Å². The van der Waals surface area contributed by atoms with Gasteiger partial charge in [-0.15, -0.1) is 0 Å². The van der Waals surface area contributed by atoms with Crippen LogP contribution in [0.15, 0.2) is 39.6 Å². The van der Waals surface area contributed by atoms with Gasteiger partial charge in [0.25, 0.3) is 5.69 Å². The Morgan fingerprint density at radius 3 is 2.38 bits per heavy atom. The number of nitro groups is 1. The van der Waals surface area contributed by atoms with Gasteiger partial charge in [-0.3, -0.25) is 15.0 Å². The molecule has 0 amide bonds. The molecule has 3 heterocycles. The first kappa shape index (κ1) is 24.6. The van der Waals surface area contributed by atoms with Crippen LogP contribution < -0.4 is 5.32 Å². The Labute approximate surface area is 200 Å². The number of ether oxygens (including phenoxy) is 1. The normalized spacial score (nSPS) is 19.4. The Hall–Kier alpha value is -2.47. The van der Waals surface area contributed by atoms with Crippen molar-refractivity contribution in [3.8, 4) is 0 Å². The lowest BCUT2D eigenvalue weighted by atomic mass is 10.1. The number of hydrogen-bond donors (Lipinski definition) is 1. The summed E-state index contributed by atoms with van der Waals surface area (Å²) in [5.41, 5.74) is 0.0219. The van der Waals surface area contributed by atoms with Gasteiger partial charge in [-0.2, -0.15) is 4.31 Å². The summed E-state index contributed by atoms with van der Waals surface area (Å²) in [6.45, 7) is 5.80. The van der Waals surface area contributed by atoms with E-state index < -0.39 is 14.9 Å². The average Bonchev–Trinajstić information content (AvgIpc) is 3.07. The fraction of sp³-hybridized carbons (Fsp3) is 0.565. The molecule has 1 N–H and O–H groups in total. The number of rotatable bonds is 8. The molecular formula is C23H32N4O6S. The minimum Gasteiger partial charge on any atom is -0.465 e. The lowest BCUT2D eigenvalue weighted by Gasteiger charge is -2.33. The van der Waals surface area contributed by atoms with Crippen molar-refractivity contribution < 1.29 is 22.5 Å². The Morgan fingerprint density at radius 1 is 1.06 bits per heavy atom. The van der Waals surface area contributed by atoms with Crippen LogP contribution in [-0.4, -0.2) is 68.5 Å². The summed E-state index contributed by atoms with van der Waals surface area (Å²) in [5.74, 6) is 1.57. The van der Waals surface area contributed by atoms with Gasteiger partial charge in [-0.25, -0.2) is 8.42 Å². The molecule has 1 aromatic heterocycles. The lowest BCUT2D eigenvalue weighted by Crippen LogP contribution is -2.41. The maximum atomic E-state index is 13.1. The zero-order valence-corrected chi connectivity index (χ0v) is 20.3. The second kappa shape index (κ2) is 10.9. The van der Waals surface area contributed by atoms with Crippen LogP contribution in [0, 0.1) is 17.0 Å². The third-order valence-corrected chi connectivity index (χ3v) is 8.33. The molecule has 186 valence electrons. The standard InChI is InChI=1S/C23H32N4O6S/c1-18-6-9-23(33-18)22(25-12-14-32-15-13-25)17-24-20-8-7-19(16-21(20)27(28)29)34(30,31)26-10-4-2-3-5-11-26/h6-9,16,22,24H,2-5,10-15,17H2,1H3/t22-/m1/s1. The largest absolute Gasteiger partial charge is 0.465 e. The highest BCUT2D eigenvalue weighted by molar-refractivity contribution is 7.89. The van der Waals surface area contributed by atoms with Gasteiger partial charge in [-0.1, -0.05) is 12.8 Å². The fourth-order valence-corrected chi connectivity index (χ4v) is 6.08. The van der Waals surface area contributed by atoms with Crippen LogP contribution in [0.25, 0.3) is 0 Å². The molecule has 2 fully saturated rings. The van der Waals surface area contributed by atoms with Crippen molar-refractivity contribution in [3.05, 3.63) is 52.0 Å². The van der Waals surface area contributed by atoms with E-state index in [0.29, 0.717) is 32.8 Å². The van der Waals surface area contributed by atoms with Gasteiger partial charge >= 0.3 is 0 Å². The smallest absolute Gasteiger partial charge is 0.293 e. The number of anilines is 1. The highest BCUT2D eigenvalue weighted by atomic mass is 32.2. The zero-order chi connectivity index (χ0) is 24.1. The molecule has 0 aliphatic carbocycles. The van der Waals surface area contributed by atoms with Crippen LogP contribution in [-0.2, 0) is 14.8 Å². The Balaban J connectivity index is 1.56. The van der Waals surface area contributed by atoms with Crippen molar-refractivity contribution in [2.45, 2.75) is 43.5 Å². The first-order valence-corrected chi connectivity index (χ1v) is 13.2. The van der Waals surface area contributed by atoms with E-state index in [1.165, 1.54) is 22.5 Å². The summed E-state index contributed by atoms with van der Waals surface area (Å²) < 4.78 is 39.0. The molecule has 1 aromatic carbocycles. The highest BCUT2D eigenvalue weighted by Gasteiger charge is 2.29. The number of nitrogens with zero attached hydrogens (tertiary/aromatic N) is 3. The summed E-state index contributed by atoms with van der Waals surface area (Å²) in [5, 5.41) is 15.0. The Kier molecular flexibility index (Phi) is 7.87. The number of benzene rings is 1. The molecule has 0 bridgehead atoms. The van der Waals surface area contributed by atoms with E-state index in [9.17, 15) is 18.5 Å². The maximum absolute atomic E-state index is 13.1. The third-order valence-electron chi connectivity index (χ3n) is 6.43. The monoisotopic (exact) mass is 492 g/mol. The Morgan fingerprint density at radius 2 is 1.76 bits per heavy atom. The zero-order valence-electron chi connectivity index (χ0n) is 19.4. The average molecular weight is 493 g/mol. The quantitative estimate of drug-likeness (QED) is 0.439. The van der Waals surface area contributed by atoms with Gasteiger partial charge in [0.2, 0.25) is 10.0 Å². The SMILES string of the molecule is Cc1ccc([C@@H](CNc2ccc(S(=O)(=O)N3CCCCCC3)cc2[N+](=O)[O-])N2CCOCC2)o1. The van der Waals surface area contributed by atoms with Crippen LogP contribution in [0.2, 0.25) is 0 Å². The summed E-state index contributed by atoms with van der Waals surface area (Å²) in [7, 11) is -3.78. The van der Waals surface area contributed by atoms with Crippen molar-refractivity contribution in [2.75, 3.05) is 51.3 Å². The molecule has 1 atom stereocenters. The second-order valence-electron chi connectivity index (χ2n) is 8.75. The van der Waals surface area contributed by atoms with Crippen molar-refractivity contribution in [1.82, 2.24) is 9.21 Å². The Bertz CT molecular complexity index is 1090. The first-order chi connectivity index (χ1) is 16.4. The van der Waals surface area contributed by atoms with E-state index >= 15 is 0 Å². The molecule has 4 rings (SSSR count). The van der Waals surface area contributed by atoms with Gasteiger partial charge < -0.3 is 14.5 Å². The molecule has 2 saturated heterocycles. The van der Waals surface area contributed by atoms with Crippen LogP contribution in [0.3, 0.4) is 0 Å². The van der Waals surface area contributed by atoms with Gasteiger partial charge in [-0.05, 0) is 44.0 Å². The molecule has 0 radical (unpaired) electrons. The molecule has 0 saturated carbocycles. The van der Waals surface area contributed by atoms with Gasteiger partial charge in [0.1, 0.15) is 17.2 Å². The predicted octanol–water partition coefficient (Wildman–Crippen LogP) is 3.55. The topological polar surface area (TPSA) is 118 Å². The summed E-state index contributed by atoms with van der Waals surface area (Å²) in [4.78, 5) is 13.5. The minimum absolute atomic E-state index is 0.0435. The molecule has 2 aromatic rings. The van der Waals surface area contributed by atoms with Crippen LogP contribution in [0.1, 0.15) is 43.2 Å². The number of hydrogen-bond acceptors (Lipinski definition) is 8. The fourth-order valence-electron chi connectivity index (χ4n) is 4.54. The minimum atomic E-state index is -3.78. The van der Waals surface area contributed by atoms with E-state index in [1.807, 2.05) is 19.1 Å². The van der Waals surface area contributed by atoms with Gasteiger partial charge in [0, 0.05) is 38.8 Å². The van der Waals surface area contributed by atoms with Crippen LogP contribution in [0.5, 0.6) is 0 Å². The number of sulfonamides is 1. The van der Waals surface area contributed by atoms with E-state index in [0.717, 1.165) is 50.3 Å². The van der Waals surface area contributed by atoms with Crippen molar-refractivity contribution in [1.29, 1.82) is 0 Å². The third kappa shape index (κ3) is 5.60. The molecule has 10 nitrogen and oxygen atoms in total. The van der Waals surface area contributed by atoms with Gasteiger partial charge in [0.05, 0.1) is 29.1 Å². The maximum Gasteiger partial charge on any atom is 0.293 e.